The van der Waals surface area contributed by atoms with Crippen molar-refractivity contribution in [1.82, 2.24) is 0 Å². The van der Waals surface area contributed by atoms with Crippen molar-refractivity contribution in [2.75, 3.05) is 0 Å². The summed E-state index contributed by atoms with van der Waals surface area (Å²) in [6, 6.07) is 14.8. The molecule has 0 aliphatic rings. The molecule has 0 fully saturated rings. The highest BCUT2D eigenvalue weighted by Gasteiger charge is 2.06. The largest absolute Gasteiger partial charge is 0.484 e. The van der Waals surface area contributed by atoms with Gasteiger partial charge in [0.15, 0.2) is 5.78 Å². The van der Waals surface area contributed by atoms with Gasteiger partial charge < -0.3 is 9.15 Å². The molecule has 0 atom stereocenters. The van der Waals surface area contributed by atoms with E-state index in [1.54, 1.807) is 24.3 Å². The Morgan fingerprint density at radius 1 is 1.19 bits per heavy atom. The van der Waals surface area contributed by atoms with Gasteiger partial charge in [0.2, 0.25) is 0 Å². The number of rotatable bonds is 6. The van der Waals surface area contributed by atoms with E-state index in [0.29, 0.717) is 22.8 Å². The van der Waals surface area contributed by atoms with Crippen LogP contribution in [0.5, 0.6) is 5.75 Å². The van der Waals surface area contributed by atoms with Crippen LogP contribution in [0.1, 0.15) is 27.4 Å². The second-order valence-corrected chi connectivity index (χ2v) is 6.14. The molecule has 1 aromatic heterocycles. The summed E-state index contributed by atoms with van der Waals surface area (Å²) in [5.74, 6) is 0.950. The first-order valence-corrected chi connectivity index (χ1v) is 8.35. The summed E-state index contributed by atoms with van der Waals surface area (Å²) in [4.78, 5) is 12.2. The van der Waals surface area contributed by atoms with Crippen LogP contribution in [-0.2, 0) is 6.61 Å². The van der Waals surface area contributed by atoms with E-state index in [1.807, 2.05) is 25.1 Å². The Morgan fingerprint density at radius 2 is 2.04 bits per heavy atom. The maximum absolute atomic E-state index is 13.0. The predicted octanol–water partition coefficient (Wildman–Crippen LogP) is 5.86. The minimum atomic E-state index is -0.425. The van der Waals surface area contributed by atoms with Crippen molar-refractivity contribution in [3.63, 3.8) is 0 Å². The molecule has 0 N–H and O–H groups in total. The molecule has 1 heterocycles. The van der Waals surface area contributed by atoms with Crippen LogP contribution in [0.15, 0.2) is 65.1 Å². The Labute approximate surface area is 155 Å². The summed E-state index contributed by atoms with van der Waals surface area (Å²) < 4.78 is 24.1. The molecule has 3 rings (SSSR count). The number of aryl methyl sites for hydroxylation is 1. The van der Waals surface area contributed by atoms with Crippen LogP contribution in [0.2, 0.25) is 5.02 Å². The molecule has 0 saturated heterocycles. The lowest BCUT2D eigenvalue weighted by Crippen LogP contribution is -1.94. The van der Waals surface area contributed by atoms with Crippen LogP contribution >= 0.6 is 11.6 Å². The minimum Gasteiger partial charge on any atom is -0.484 e. The number of halogens is 2. The number of ether oxygens (including phenoxy) is 1. The van der Waals surface area contributed by atoms with Crippen molar-refractivity contribution in [2.45, 2.75) is 13.5 Å². The molecule has 26 heavy (non-hydrogen) atoms. The molecule has 0 spiro atoms. The quantitative estimate of drug-likeness (QED) is 0.403. The van der Waals surface area contributed by atoms with E-state index < -0.39 is 5.82 Å². The van der Waals surface area contributed by atoms with E-state index >= 15 is 0 Å². The van der Waals surface area contributed by atoms with Crippen LogP contribution in [-0.4, -0.2) is 5.78 Å². The molecule has 0 radical (unpaired) electrons. The molecule has 132 valence electrons. The van der Waals surface area contributed by atoms with Gasteiger partial charge in [-0.15, -0.1) is 0 Å². The summed E-state index contributed by atoms with van der Waals surface area (Å²) in [5.41, 5.74) is 1.66. The maximum Gasteiger partial charge on any atom is 0.185 e. The SMILES string of the molecule is Cc1cccc(C(=O)/C=C/c2ccc(COc3ccc(F)cc3Cl)o2)c1. The van der Waals surface area contributed by atoms with Gasteiger partial charge in [-0.1, -0.05) is 35.4 Å². The number of benzene rings is 2. The van der Waals surface area contributed by atoms with Crippen LogP contribution in [0.3, 0.4) is 0 Å². The highest BCUT2D eigenvalue weighted by atomic mass is 35.5. The zero-order valence-corrected chi connectivity index (χ0v) is 14.8. The lowest BCUT2D eigenvalue weighted by atomic mass is 10.1. The lowest BCUT2D eigenvalue weighted by molar-refractivity contribution is 0.104. The van der Waals surface area contributed by atoms with Gasteiger partial charge >= 0.3 is 0 Å². The number of hydrogen-bond donors (Lipinski definition) is 0. The normalized spacial score (nSPS) is 11.0. The van der Waals surface area contributed by atoms with Crippen LogP contribution in [0.25, 0.3) is 6.08 Å². The molecule has 5 heteroatoms. The standard InChI is InChI=1S/C21H16ClFO3/c1-14-3-2-4-15(11-14)20(24)9-8-17-6-7-18(26-17)13-25-21-10-5-16(23)12-19(21)22/h2-12H,13H2,1H3/b9-8+. The van der Waals surface area contributed by atoms with E-state index in [2.05, 4.69) is 0 Å². The monoisotopic (exact) mass is 370 g/mol. The van der Waals surface area contributed by atoms with Gasteiger partial charge in [0, 0.05) is 5.56 Å². The van der Waals surface area contributed by atoms with Gasteiger partial charge in [-0.2, -0.15) is 0 Å². The molecule has 3 nitrogen and oxygen atoms in total. The van der Waals surface area contributed by atoms with E-state index in [9.17, 15) is 9.18 Å². The molecule has 0 unspecified atom stereocenters. The summed E-state index contributed by atoms with van der Waals surface area (Å²) >= 11 is 5.91. The Bertz CT molecular complexity index is 959. The molecule has 0 aliphatic heterocycles. The average Bonchev–Trinajstić information content (AvgIpc) is 3.07. The van der Waals surface area contributed by atoms with E-state index in [0.717, 1.165) is 5.56 Å². The smallest absolute Gasteiger partial charge is 0.185 e. The Morgan fingerprint density at radius 3 is 2.81 bits per heavy atom. The Balaban J connectivity index is 1.61. The number of furan rings is 1. The fraction of sp³-hybridized carbons (Fsp3) is 0.0952. The summed E-state index contributed by atoms with van der Waals surface area (Å²) in [6.45, 7) is 2.08. The van der Waals surface area contributed by atoms with Crippen molar-refractivity contribution < 1.29 is 18.3 Å². The summed E-state index contributed by atoms with van der Waals surface area (Å²) in [5, 5.41) is 0.195. The molecule has 3 aromatic rings. The fourth-order valence-corrected chi connectivity index (χ4v) is 2.58. The second kappa shape index (κ2) is 8.02. The van der Waals surface area contributed by atoms with Crippen LogP contribution in [0.4, 0.5) is 4.39 Å². The molecule has 0 bridgehead atoms. The first-order valence-electron chi connectivity index (χ1n) is 7.97. The van der Waals surface area contributed by atoms with Crippen molar-refractivity contribution in [2.24, 2.45) is 0 Å². The molecule has 0 saturated carbocycles. The lowest BCUT2D eigenvalue weighted by Gasteiger charge is -2.05. The predicted molar refractivity (Wildman–Crippen MR) is 99.0 cm³/mol. The second-order valence-electron chi connectivity index (χ2n) is 5.73. The average molecular weight is 371 g/mol. The third-order valence-corrected chi connectivity index (χ3v) is 3.94. The van der Waals surface area contributed by atoms with Gasteiger partial charge in [0.25, 0.3) is 0 Å². The first kappa shape index (κ1) is 18.0. The fourth-order valence-electron chi connectivity index (χ4n) is 2.36. The molecule has 2 aromatic carbocycles. The number of carbonyl (C=O) groups excluding carboxylic acids is 1. The molecular formula is C21H16ClFO3. The zero-order chi connectivity index (χ0) is 18.5. The molecular weight excluding hydrogens is 355 g/mol. The third kappa shape index (κ3) is 4.61. The number of hydrogen-bond acceptors (Lipinski definition) is 3. The van der Waals surface area contributed by atoms with Gasteiger partial charge in [-0.05, 0) is 55.5 Å². The van der Waals surface area contributed by atoms with E-state index in [1.165, 1.54) is 24.3 Å². The van der Waals surface area contributed by atoms with Gasteiger partial charge in [0.05, 0.1) is 5.02 Å². The zero-order valence-electron chi connectivity index (χ0n) is 14.0. The van der Waals surface area contributed by atoms with Gasteiger partial charge in [-0.3, -0.25) is 4.79 Å². The molecule has 0 amide bonds. The minimum absolute atomic E-state index is 0.0963. The molecule has 0 aliphatic carbocycles. The van der Waals surface area contributed by atoms with Gasteiger partial charge in [0.1, 0.15) is 29.7 Å². The number of allylic oxidation sites excluding steroid dienone is 1. The van der Waals surface area contributed by atoms with Crippen molar-refractivity contribution in [1.29, 1.82) is 0 Å². The van der Waals surface area contributed by atoms with Crippen molar-refractivity contribution in [3.8, 4) is 5.75 Å². The Kier molecular flexibility index (Phi) is 5.54. The summed E-state index contributed by atoms with van der Waals surface area (Å²) in [7, 11) is 0. The van der Waals surface area contributed by atoms with Crippen molar-refractivity contribution in [3.05, 3.63) is 94.2 Å². The highest BCUT2D eigenvalue weighted by molar-refractivity contribution is 6.32. The Hall–Kier alpha value is -2.85. The van der Waals surface area contributed by atoms with Crippen LogP contribution in [0, 0.1) is 12.7 Å². The van der Waals surface area contributed by atoms with Gasteiger partial charge in [-0.25, -0.2) is 4.39 Å². The number of ketones is 1. The van der Waals surface area contributed by atoms with Crippen LogP contribution < -0.4 is 4.74 Å². The third-order valence-electron chi connectivity index (χ3n) is 3.65. The number of carbonyl (C=O) groups is 1. The maximum atomic E-state index is 13.0. The topological polar surface area (TPSA) is 39.4 Å². The highest BCUT2D eigenvalue weighted by Crippen LogP contribution is 2.26. The van der Waals surface area contributed by atoms with E-state index in [-0.39, 0.29) is 17.4 Å². The van der Waals surface area contributed by atoms with E-state index in [4.69, 9.17) is 20.8 Å². The van der Waals surface area contributed by atoms with Crippen molar-refractivity contribution >= 4 is 23.5 Å². The summed E-state index contributed by atoms with van der Waals surface area (Å²) in [6.07, 6.45) is 3.08. The first-order chi connectivity index (χ1) is 12.5.